The van der Waals surface area contributed by atoms with Gasteiger partial charge in [-0.2, -0.15) is 0 Å². The van der Waals surface area contributed by atoms with Crippen LogP contribution in [0.3, 0.4) is 0 Å². The Labute approximate surface area is 161 Å². The molecule has 0 aliphatic carbocycles. The molecule has 134 valence electrons. The number of rotatable bonds is 4. The molecule has 5 nitrogen and oxygen atoms in total. The Morgan fingerprint density at radius 2 is 2.08 bits per heavy atom. The summed E-state index contributed by atoms with van der Waals surface area (Å²) in [6.45, 7) is 2.73. The van der Waals surface area contributed by atoms with E-state index in [0.717, 1.165) is 40.9 Å². The lowest BCUT2D eigenvalue weighted by atomic mass is 10.0. The normalized spacial score (nSPS) is 14.9. The number of anilines is 1. The van der Waals surface area contributed by atoms with Gasteiger partial charge in [-0.15, -0.1) is 21.5 Å². The summed E-state index contributed by atoms with van der Waals surface area (Å²) < 4.78 is 1.96. The van der Waals surface area contributed by atoms with Gasteiger partial charge in [0.2, 0.25) is 5.91 Å². The zero-order valence-corrected chi connectivity index (χ0v) is 16.4. The van der Waals surface area contributed by atoms with E-state index in [9.17, 15) is 4.79 Å². The number of aromatic nitrogens is 3. The molecule has 3 heterocycles. The van der Waals surface area contributed by atoms with E-state index < -0.39 is 0 Å². The summed E-state index contributed by atoms with van der Waals surface area (Å²) in [6, 6.07) is 12.2. The number of amides is 1. The zero-order valence-electron chi connectivity index (χ0n) is 14.8. The highest BCUT2D eigenvalue weighted by molar-refractivity contribution is 8.00. The van der Waals surface area contributed by atoms with Crippen molar-refractivity contribution in [3.8, 4) is 10.7 Å². The van der Waals surface area contributed by atoms with Crippen LogP contribution in [0.1, 0.15) is 18.9 Å². The number of thioether (sulfide) groups is 1. The molecule has 0 saturated carbocycles. The Bertz CT molecular complexity index is 920. The highest BCUT2D eigenvalue weighted by Gasteiger charge is 2.28. The van der Waals surface area contributed by atoms with E-state index in [-0.39, 0.29) is 11.2 Å². The van der Waals surface area contributed by atoms with Crippen molar-refractivity contribution in [3.05, 3.63) is 47.3 Å². The first-order valence-electron chi connectivity index (χ1n) is 8.64. The van der Waals surface area contributed by atoms with Gasteiger partial charge in [-0.3, -0.25) is 4.79 Å². The Kier molecular flexibility index (Phi) is 4.82. The standard InChI is InChI=1S/C19H20N4OS2/c1-13(18(24)23-11-5-8-14-7-3-4-9-15(14)23)26-19-21-20-17(22(19)2)16-10-6-12-25-16/h3-4,6-7,9-10,12-13H,5,8,11H2,1-2H3. The number of carbonyl (C=O) groups is 1. The topological polar surface area (TPSA) is 51.0 Å². The van der Waals surface area contributed by atoms with Gasteiger partial charge in [0.05, 0.1) is 10.1 Å². The van der Waals surface area contributed by atoms with Crippen molar-refractivity contribution in [2.45, 2.75) is 30.2 Å². The van der Waals surface area contributed by atoms with Crippen molar-refractivity contribution < 1.29 is 4.79 Å². The summed E-state index contributed by atoms with van der Waals surface area (Å²) in [4.78, 5) is 16.1. The molecule has 2 aromatic heterocycles. The summed E-state index contributed by atoms with van der Waals surface area (Å²) in [6.07, 6.45) is 2.04. The molecular weight excluding hydrogens is 364 g/mol. The first-order chi connectivity index (χ1) is 12.6. The average Bonchev–Trinajstić information content (AvgIpc) is 3.31. The third-order valence-electron chi connectivity index (χ3n) is 4.58. The third kappa shape index (κ3) is 3.17. The van der Waals surface area contributed by atoms with Gasteiger partial charge in [-0.05, 0) is 42.8 Å². The van der Waals surface area contributed by atoms with Crippen LogP contribution in [0.25, 0.3) is 10.7 Å². The number of thiophene rings is 1. The molecule has 1 aliphatic rings. The number of hydrogen-bond acceptors (Lipinski definition) is 5. The van der Waals surface area contributed by atoms with Gasteiger partial charge >= 0.3 is 0 Å². The Hall–Kier alpha value is -2.12. The van der Waals surface area contributed by atoms with Gasteiger partial charge in [0.1, 0.15) is 0 Å². The van der Waals surface area contributed by atoms with Crippen LogP contribution in [-0.2, 0) is 18.3 Å². The van der Waals surface area contributed by atoms with Crippen LogP contribution in [0.2, 0.25) is 0 Å². The fourth-order valence-corrected chi connectivity index (χ4v) is 4.85. The monoisotopic (exact) mass is 384 g/mol. The van der Waals surface area contributed by atoms with E-state index in [1.54, 1.807) is 11.3 Å². The molecular formula is C19H20N4OS2. The van der Waals surface area contributed by atoms with Crippen molar-refractivity contribution in [2.75, 3.05) is 11.4 Å². The SMILES string of the molecule is CC(Sc1nnc(-c2cccs2)n1C)C(=O)N1CCCc2ccccc21. The van der Waals surface area contributed by atoms with E-state index in [4.69, 9.17) is 0 Å². The summed E-state index contributed by atoms with van der Waals surface area (Å²) >= 11 is 3.10. The molecule has 4 rings (SSSR count). The minimum Gasteiger partial charge on any atom is -0.311 e. The van der Waals surface area contributed by atoms with Gasteiger partial charge in [0.15, 0.2) is 11.0 Å². The molecule has 26 heavy (non-hydrogen) atoms. The van der Waals surface area contributed by atoms with E-state index in [1.807, 2.05) is 59.2 Å². The van der Waals surface area contributed by atoms with Crippen LogP contribution in [0, 0.1) is 0 Å². The number of para-hydroxylation sites is 1. The number of aryl methyl sites for hydroxylation is 1. The van der Waals surface area contributed by atoms with E-state index in [0.29, 0.717) is 0 Å². The lowest BCUT2D eigenvalue weighted by molar-refractivity contribution is -0.117. The third-order valence-corrected chi connectivity index (χ3v) is 6.57. The molecule has 0 saturated heterocycles. The first-order valence-corrected chi connectivity index (χ1v) is 10.4. The van der Waals surface area contributed by atoms with E-state index in [2.05, 4.69) is 16.3 Å². The summed E-state index contributed by atoms with van der Waals surface area (Å²) in [7, 11) is 1.95. The highest BCUT2D eigenvalue weighted by Crippen LogP contribution is 2.32. The summed E-state index contributed by atoms with van der Waals surface area (Å²) in [5.74, 6) is 0.966. The molecule has 1 amide bonds. The van der Waals surface area contributed by atoms with Crippen molar-refractivity contribution in [1.29, 1.82) is 0 Å². The molecule has 0 fully saturated rings. The van der Waals surface area contributed by atoms with Gasteiger partial charge in [-0.1, -0.05) is 36.0 Å². The first kappa shape index (κ1) is 17.3. The van der Waals surface area contributed by atoms with Crippen LogP contribution in [-0.4, -0.2) is 32.5 Å². The van der Waals surface area contributed by atoms with Gasteiger partial charge in [-0.25, -0.2) is 0 Å². The fraction of sp³-hybridized carbons (Fsp3) is 0.316. The second kappa shape index (κ2) is 7.25. The van der Waals surface area contributed by atoms with Crippen LogP contribution in [0.15, 0.2) is 46.9 Å². The van der Waals surface area contributed by atoms with Crippen LogP contribution >= 0.6 is 23.1 Å². The smallest absolute Gasteiger partial charge is 0.240 e. The molecule has 1 atom stereocenters. The maximum absolute atomic E-state index is 13.1. The second-order valence-electron chi connectivity index (χ2n) is 6.32. The quantitative estimate of drug-likeness (QED) is 0.638. The van der Waals surface area contributed by atoms with E-state index >= 15 is 0 Å². The highest BCUT2D eigenvalue weighted by atomic mass is 32.2. The molecule has 3 aromatic rings. The fourth-order valence-electron chi connectivity index (χ4n) is 3.23. The van der Waals surface area contributed by atoms with E-state index in [1.165, 1.54) is 17.3 Å². The Morgan fingerprint density at radius 1 is 1.23 bits per heavy atom. The Morgan fingerprint density at radius 3 is 2.88 bits per heavy atom. The predicted molar refractivity (Wildman–Crippen MR) is 107 cm³/mol. The molecule has 0 spiro atoms. The molecule has 1 aliphatic heterocycles. The maximum atomic E-state index is 13.1. The zero-order chi connectivity index (χ0) is 18.1. The number of fused-ring (bicyclic) bond motifs is 1. The Balaban J connectivity index is 1.53. The largest absolute Gasteiger partial charge is 0.311 e. The lowest BCUT2D eigenvalue weighted by Crippen LogP contribution is -2.40. The molecule has 7 heteroatoms. The van der Waals surface area contributed by atoms with Crippen molar-refractivity contribution in [2.24, 2.45) is 7.05 Å². The molecule has 1 aromatic carbocycles. The number of hydrogen-bond donors (Lipinski definition) is 0. The van der Waals surface area contributed by atoms with Gasteiger partial charge < -0.3 is 9.47 Å². The number of nitrogens with zero attached hydrogens (tertiary/aromatic N) is 4. The summed E-state index contributed by atoms with van der Waals surface area (Å²) in [5.41, 5.74) is 2.30. The molecule has 1 unspecified atom stereocenters. The number of benzene rings is 1. The molecule has 0 bridgehead atoms. The minimum absolute atomic E-state index is 0.128. The lowest BCUT2D eigenvalue weighted by Gasteiger charge is -2.31. The second-order valence-corrected chi connectivity index (χ2v) is 8.58. The van der Waals surface area contributed by atoms with Gasteiger partial charge in [0, 0.05) is 19.3 Å². The van der Waals surface area contributed by atoms with Crippen LogP contribution < -0.4 is 4.90 Å². The summed E-state index contributed by atoms with van der Waals surface area (Å²) in [5, 5.41) is 11.2. The van der Waals surface area contributed by atoms with Crippen LogP contribution in [0.5, 0.6) is 0 Å². The van der Waals surface area contributed by atoms with Gasteiger partial charge in [0.25, 0.3) is 0 Å². The van der Waals surface area contributed by atoms with Crippen molar-refractivity contribution in [3.63, 3.8) is 0 Å². The average molecular weight is 385 g/mol. The maximum Gasteiger partial charge on any atom is 0.240 e. The van der Waals surface area contributed by atoms with Crippen molar-refractivity contribution in [1.82, 2.24) is 14.8 Å². The number of carbonyl (C=O) groups excluding carboxylic acids is 1. The molecule has 0 N–H and O–H groups in total. The van der Waals surface area contributed by atoms with Crippen molar-refractivity contribution >= 4 is 34.7 Å². The molecule has 0 radical (unpaired) electrons. The van der Waals surface area contributed by atoms with Crippen LogP contribution in [0.4, 0.5) is 5.69 Å². The minimum atomic E-state index is -0.222. The predicted octanol–water partition coefficient (Wildman–Crippen LogP) is 4.00.